The van der Waals surface area contributed by atoms with Crippen LogP contribution in [0.3, 0.4) is 0 Å². The van der Waals surface area contributed by atoms with E-state index in [1.165, 1.54) is 31.0 Å². The largest absolute Gasteiger partial charge is 0.342 e. The van der Waals surface area contributed by atoms with E-state index in [1.54, 1.807) is 0 Å². The van der Waals surface area contributed by atoms with Crippen molar-refractivity contribution < 1.29 is 4.79 Å². The van der Waals surface area contributed by atoms with Gasteiger partial charge in [-0.25, -0.2) is 4.98 Å². The van der Waals surface area contributed by atoms with Crippen molar-refractivity contribution in [3.63, 3.8) is 0 Å². The molecule has 0 N–H and O–H groups in total. The average Bonchev–Trinajstić information content (AvgIpc) is 2.54. The van der Waals surface area contributed by atoms with E-state index in [4.69, 9.17) is 0 Å². The van der Waals surface area contributed by atoms with Crippen molar-refractivity contribution in [2.45, 2.75) is 69.2 Å². The molecule has 0 spiro atoms. The first-order chi connectivity index (χ1) is 10.9. The summed E-state index contributed by atoms with van der Waals surface area (Å²) in [5, 5.41) is 9.79. The molecule has 0 aromatic carbocycles. The lowest BCUT2D eigenvalue weighted by molar-refractivity contribution is -0.131. The summed E-state index contributed by atoms with van der Waals surface area (Å²) in [7, 11) is 1.91. The molecule has 0 saturated heterocycles. The van der Waals surface area contributed by atoms with Crippen LogP contribution in [0, 0.1) is 25.2 Å². The monoisotopic (exact) mass is 331 g/mol. The van der Waals surface area contributed by atoms with Crippen LogP contribution in [0.4, 0.5) is 0 Å². The van der Waals surface area contributed by atoms with Gasteiger partial charge >= 0.3 is 0 Å². The molecule has 1 saturated carbocycles. The van der Waals surface area contributed by atoms with Gasteiger partial charge < -0.3 is 4.90 Å². The highest BCUT2D eigenvalue weighted by molar-refractivity contribution is 8.00. The third-order valence-corrected chi connectivity index (χ3v) is 5.60. The van der Waals surface area contributed by atoms with Gasteiger partial charge in [-0.05, 0) is 45.2 Å². The Hall–Kier alpha value is -1.54. The van der Waals surface area contributed by atoms with Gasteiger partial charge in [0.2, 0.25) is 5.91 Å². The molecule has 4 nitrogen and oxygen atoms in total. The highest BCUT2D eigenvalue weighted by Crippen LogP contribution is 2.29. The molecule has 1 atom stereocenters. The van der Waals surface area contributed by atoms with Gasteiger partial charge in [0.05, 0.1) is 10.8 Å². The van der Waals surface area contributed by atoms with Crippen LogP contribution in [-0.4, -0.2) is 34.1 Å². The number of carbonyl (C=O) groups is 1. The zero-order chi connectivity index (χ0) is 17.0. The molecule has 2 rings (SSSR count). The maximum Gasteiger partial charge on any atom is 0.235 e. The maximum absolute atomic E-state index is 12.7. The molecule has 1 aromatic heterocycles. The van der Waals surface area contributed by atoms with Crippen LogP contribution < -0.4 is 0 Å². The molecule has 0 aliphatic heterocycles. The smallest absolute Gasteiger partial charge is 0.235 e. The average molecular weight is 331 g/mol. The molecule has 1 fully saturated rings. The lowest BCUT2D eigenvalue weighted by atomic mass is 9.94. The van der Waals surface area contributed by atoms with Gasteiger partial charge in [-0.2, -0.15) is 5.26 Å². The maximum atomic E-state index is 12.7. The molecule has 1 unspecified atom stereocenters. The third kappa shape index (κ3) is 4.26. The number of aromatic nitrogens is 1. The second-order valence-electron chi connectivity index (χ2n) is 6.37. The van der Waals surface area contributed by atoms with Crippen LogP contribution in [0.15, 0.2) is 11.1 Å². The summed E-state index contributed by atoms with van der Waals surface area (Å²) in [5.41, 5.74) is 2.38. The van der Waals surface area contributed by atoms with E-state index < -0.39 is 0 Å². The molecule has 1 heterocycles. The number of nitriles is 1. The Bertz CT molecular complexity index is 617. The lowest BCUT2D eigenvalue weighted by Crippen LogP contribution is -2.42. The van der Waals surface area contributed by atoms with Crippen molar-refractivity contribution in [2.24, 2.45) is 0 Å². The normalized spacial score (nSPS) is 16.7. The fourth-order valence-corrected chi connectivity index (χ4v) is 4.30. The van der Waals surface area contributed by atoms with Gasteiger partial charge in [-0.3, -0.25) is 4.79 Å². The molecule has 23 heavy (non-hydrogen) atoms. The first kappa shape index (κ1) is 17.8. The number of amides is 1. The number of thioether (sulfide) groups is 1. The quantitative estimate of drug-likeness (QED) is 0.787. The van der Waals surface area contributed by atoms with Gasteiger partial charge in [0, 0.05) is 18.8 Å². The standard InChI is InChI=1S/C18H25N3OS/c1-12-10-13(2)20-17(16(12)11-19)23-14(3)18(22)21(4)15-8-6-5-7-9-15/h10,14-15H,5-9H2,1-4H3. The van der Waals surface area contributed by atoms with Crippen LogP contribution >= 0.6 is 11.8 Å². The van der Waals surface area contributed by atoms with E-state index in [0.29, 0.717) is 16.6 Å². The summed E-state index contributed by atoms with van der Waals surface area (Å²) in [4.78, 5) is 19.1. The Kier molecular flexibility index (Phi) is 6.06. The summed E-state index contributed by atoms with van der Waals surface area (Å²) >= 11 is 1.40. The molecule has 1 aliphatic carbocycles. The fraction of sp³-hybridized carbons (Fsp3) is 0.611. The van der Waals surface area contributed by atoms with E-state index in [9.17, 15) is 10.1 Å². The van der Waals surface area contributed by atoms with Crippen LogP contribution in [0.25, 0.3) is 0 Å². The predicted molar refractivity (Wildman–Crippen MR) is 93.4 cm³/mol. The molecule has 1 aliphatic rings. The van der Waals surface area contributed by atoms with Crippen molar-refractivity contribution in [1.29, 1.82) is 5.26 Å². The van der Waals surface area contributed by atoms with Crippen molar-refractivity contribution >= 4 is 17.7 Å². The van der Waals surface area contributed by atoms with Crippen LogP contribution in [-0.2, 0) is 4.79 Å². The third-order valence-electron chi connectivity index (χ3n) is 4.53. The molecule has 1 aromatic rings. The fourth-order valence-electron chi connectivity index (χ4n) is 3.18. The Balaban J connectivity index is 2.10. The predicted octanol–water partition coefficient (Wildman–Crippen LogP) is 3.84. The Labute approximate surface area is 143 Å². The summed E-state index contributed by atoms with van der Waals surface area (Å²) < 4.78 is 0. The van der Waals surface area contributed by atoms with Gasteiger partial charge in [-0.1, -0.05) is 31.0 Å². The number of hydrogen-bond acceptors (Lipinski definition) is 4. The summed E-state index contributed by atoms with van der Waals surface area (Å²) in [6, 6.07) is 4.49. The highest BCUT2D eigenvalue weighted by Gasteiger charge is 2.27. The van der Waals surface area contributed by atoms with E-state index in [-0.39, 0.29) is 11.2 Å². The molecule has 0 radical (unpaired) electrons. The number of carbonyl (C=O) groups excluding carboxylic acids is 1. The zero-order valence-electron chi connectivity index (χ0n) is 14.4. The number of nitrogens with zero attached hydrogens (tertiary/aromatic N) is 3. The second-order valence-corrected chi connectivity index (χ2v) is 7.70. The molecular weight excluding hydrogens is 306 g/mol. The summed E-state index contributed by atoms with van der Waals surface area (Å²) in [6.07, 6.45) is 5.90. The highest BCUT2D eigenvalue weighted by atomic mass is 32.2. The summed E-state index contributed by atoms with van der Waals surface area (Å²) in [6.45, 7) is 5.74. The Morgan fingerprint density at radius 1 is 1.39 bits per heavy atom. The second kappa shape index (κ2) is 7.83. The topological polar surface area (TPSA) is 57.0 Å². The number of pyridine rings is 1. The van der Waals surface area contributed by atoms with E-state index in [1.807, 2.05) is 38.8 Å². The molecular formula is C18H25N3OS. The number of rotatable bonds is 4. The van der Waals surface area contributed by atoms with Crippen molar-refractivity contribution in [3.8, 4) is 6.07 Å². The van der Waals surface area contributed by atoms with E-state index in [0.717, 1.165) is 24.1 Å². The lowest BCUT2D eigenvalue weighted by Gasteiger charge is -2.32. The first-order valence-electron chi connectivity index (χ1n) is 8.25. The van der Waals surface area contributed by atoms with E-state index in [2.05, 4.69) is 11.1 Å². The summed E-state index contributed by atoms with van der Waals surface area (Å²) in [5.74, 6) is 0.131. The molecule has 1 amide bonds. The van der Waals surface area contributed by atoms with Crippen molar-refractivity contribution in [2.75, 3.05) is 7.05 Å². The zero-order valence-corrected chi connectivity index (χ0v) is 15.2. The molecule has 0 bridgehead atoms. The van der Waals surface area contributed by atoms with E-state index >= 15 is 0 Å². The minimum atomic E-state index is -0.234. The van der Waals surface area contributed by atoms with Gasteiger partial charge in [0.1, 0.15) is 11.1 Å². The van der Waals surface area contributed by atoms with Gasteiger partial charge in [0.15, 0.2) is 0 Å². The van der Waals surface area contributed by atoms with Gasteiger partial charge in [-0.15, -0.1) is 0 Å². The van der Waals surface area contributed by atoms with Gasteiger partial charge in [0.25, 0.3) is 0 Å². The van der Waals surface area contributed by atoms with Crippen LogP contribution in [0.5, 0.6) is 0 Å². The Morgan fingerprint density at radius 3 is 2.65 bits per heavy atom. The Morgan fingerprint density at radius 2 is 2.04 bits per heavy atom. The van der Waals surface area contributed by atoms with Crippen LogP contribution in [0.2, 0.25) is 0 Å². The molecule has 5 heteroatoms. The minimum absolute atomic E-state index is 0.131. The van der Waals surface area contributed by atoms with Crippen molar-refractivity contribution in [1.82, 2.24) is 9.88 Å². The van der Waals surface area contributed by atoms with Crippen LogP contribution in [0.1, 0.15) is 55.8 Å². The number of hydrogen-bond donors (Lipinski definition) is 0. The minimum Gasteiger partial charge on any atom is -0.342 e. The first-order valence-corrected chi connectivity index (χ1v) is 9.13. The van der Waals surface area contributed by atoms with Crippen molar-refractivity contribution in [3.05, 3.63) is 22.9 Å². The molecule has 124 valence electrons. The number of aryl methyl sites for hydroxylation is 2. The SMILES string of the molecule is Cc1cc(C)c(C#N)c(SC(C)C(=O)N(C)C2CCCCC2)n1.